The highest BCUT2D eigenvalue weighted by Crippen LogP contribution is 2.30. The number of rotatable bonds is 5. The van der Waals surface area contributed by atoms with Crippen molar-refractivity contribution in [2.45, 2.75) is 32.1 Å². The quantitative estimate of drug-likeness (QED) is 0.353. The maximum Gasteiger partial charge on any atom is 0.252 e. The monoisotopic (exact) mass is 451 g/mol. The van der Waals surface area contributed by atoms with E-state index in [1.54, 1.807) is 24.8 Å². The molecule has 1 fully saturated rings. The molecule has 1 saturated carbocycles. The number of aromatic nitrogens is 6. The van der Waals surface area contributed by atoms with E-state index in [0.29, 0.717) is 17.3 Å². The van der Waals surface area contributed by atoms with E-state index < -0.39 is 0 Å². The number of H-pyrrole nitrogens is 2. The minimum atomic E-state index is -0.0686. The normalized spacial score (nSPS) is 14.6. The molecule has 3 N–H and O–H groups in total. The van der Waals surface area contributed by atoms with Gasteiger partial charge in [-0.15, -0.1) is 0 Å². The Morgan fingerprint density at radius 3 is 2.76 bits per heavy atom. The number of imidazole rings is 1. The van der Waals surface area contributed by atoms with E-state index in [4.69, 9.17) is 0 Å². The van der Waals surface area contributed by atoms with Crippen LogP contribution in [0.25, 0.3) is 44.6 Å². The third-order valence-electron chi connectivity index (χ3n) is 6.68. The SMILES string of the molecule is O=C(NCC1CCCCC1)c1cncc(-c2ccc3[nH]nc(-c4nc5ccncc5[nH]4)c3c2)c1. The van der Waals surface area contributed by atoms with Gasteiger partial charge in [0.2, 0.25) is 0 Å². The summed E-state index contributed by atoms with van der Waals surface area (Å²) in [4.78, 5) is 29.2. The summed E-state index contributed by atoms with van der Waals surface area (Å²) in [5.74, 6) is 1.20. The molecule has 0 atom stereocenters. The van der Waals surface area contributed by atoms with Gasteiger partial charge in [-0.25, -0.2) is 4.98 Å². The number of fused-ring (bicyclic) bond motifs is 2. The van der Waals surface area contributed by atoms with Gasteiger partial charge in [-0.2, -0.15) is 5.10 Å². The lowest BCUT2D eigenvalue weighted by Crippen LogP contribution is -2.30. The Morgan fingerprint density at radius 2 is 1.88 bits per heavy atom. The van der Waals surface area contributed by atoms with E-state index >= 15 is 0 Å². The molecule has 1 aliphatic carbocycles. The van der Waals surface area contributed by atoms with E-state index in [0.717, 1.165) is 45.3 Å². The highest BCUT2D eigenvalue weighted by Gasteiger charge is 2.17. The number of nitrogens with zero attached hydrogens (tertiary/aromatic N) is 4. The van der Waals surface area contributed by atoms with Gasteiger partial charge in [-0.05, 0) is 48.6 Å². The maximum absolute atomic E-state index is 12.8. The first-order valence-corrected chi connectivity index (χ1v) is 11.8. The smallest absolute Gasteiger partial charge is 0.252 e. The number of carbonyl (C=O) groups excluding carboxylic acids is 1. The van der Waals surface area contributed by atoms with Crippen molar-refractivity contribution < 1.29 is 4.79 Å². The van der Waals surface area contributed by atoms with Crippen molar-refractivity contribution in [1.82, 2.24) is 35.5 Å². The fourth-order valence-corrected chi connectivity index (χ4v) is 4.80. The van der Waals surface area contributed by atoms with Gasteiger partial charge in [-0.3, -0.25) is 19.9 Å². The topological polar surface area (TPSA) is 112 Å². The van der Waals surface area contributed by atoms with Crippen molar-refractivity contribution in [2.24, 2.45) is 5.92 Å². The van der Waals surface area contributed by atoms with Crippen LogP contribution in [0.1, 0.15) is 42.5 Å². The molecule has 1 aromatic carbocycles. The highest BCUT2D eigenvalue weighted by molar-refractivity contribution is 5.97. The average molecular weight is 452 g/mol. The molecule has 0 aliphatic heterocycles. The highest BCUT2D eigenvalue weighted by atomic mass is 16.1. The second-order valence-corrected chi connectivity index (χ2v) is 8.99. The van der Waals surface area contributed by atoms with E-state index in [1.807, 2.05) is 24.3 Å². The molecule has 8 nitrogen and oxygen atoms in total. The molecule has 34 heavy (non-hydrogen) atoms. The standard InChI is InChI=1S/C26H25N7O/c34-26(29-12-16-4-2-1-3-5-16)19-10-18(13-28-14-19)17-6-7-21-20(11-17)24(33-32-21)25-30-22-8-9-27-15-23(22)31-25/h6-11,13-16H,1-5,12H2,(H,29,34)(H,30,31)(H,32,33). The number of benzene rings is 1. The van der Waals surface area contributed by atoms with E-state index in [9.17, 15) is 4.79 Å². The molecule has 1 aliphatic rings. The van der Waals surface area contributed by atoms with E-state index in [2.05, 4.69) is 41.5 Å². The van der Waals surface area contributed by atoms with Crippen LogP contribution in [0.5, 0.6) is 0 Å². The molecule has 0 bridgehead atoms. The fraction of sp³-hybridized carbons (Fsp3) is 0.269. The molecule has 8 heteroatoms. The number of carbonyl (C=O) groups is 1. The van der Waals surface area contributed by atoms with Crippen LogP contribution >= 0.6 is 0 Å². The maximum atomic E-state index is 12.8. The summed E-state index contributed by atoms with van der Waals surface area (Å²) in [5, 5.41) is 11.6. The van der Waals surface area contributed by atoms with Gasteiger partial charge >= 0.3 is 0 Å². The lowest BCUT2D eigenvalue weighted by Gasteiger charge is -2.21. The second kappa shape index (κ2) is 8.70. The van der Waals surface area contributed by atoms with Gasteiger partial charge in [0.25, 0.3) is 5.91 Å². The van der Waals surface area contributed by atoms with Crippen molar-refractivity contribution in [3.8, 4) is 22.6 Å². The van der Waals surface area contributed by atoms with Gasteiger partial charge in [0.15, 0.2) is 5.82 Å². The molecular formula is C26H25N7O. The van der Waals surface area contributed by atoms with Crippen molar-refractivity contribution in [1.29, 1.82) is 0 Å². The van der Waals surface area contributed by atoms with Crippen molar-refractivity contribution >= 4 is 27.8 Å². The Labute approximate surface area is 196 Å². The van der Waals surface area contributed by atoms with Crippen LogP contribution in [0, 0.1) is 5.92 Å². The van der Waals surface area contributed by atoms with Crippen molar-refractivity contribution in [3.63, 3.8) is 0 Å². The zero-order valence-corrected chi connectivity index (χ0v) is 18.7. The van der Waals surface area contributed by atoms with Crippen LogP contribution in [0.4, 0.5) is 0 Å². The molecule has 4 aromatic heterocycles. The van der Waals surface area contributed by atoms with Crippen LogP contribution < -0.4 is 5.32 Å². The van der Waals surface area contributed by atoms with Gasteiger partial charge in [0.05, 0.1) is 28.3 Å². The summed E-state index contributed by atoms with van der Waals surface area (Å²) in [6.45, 7) is 0.737. The molecule has 0 spiro atoms. The molecule has 0 unspecified atom stereocenters. The Balaban J connectivity index is 1.28. The van der Waals surface area contributed by atoms with Crippen molar-refractivity contribution in [2.75, 3.05) is 6.54 Å². The Hall–Kier alpha value is -4.07. The van der Waals surface area contributed by atoms with Crippen LogP contribution in [0.3, 0.4) is 0 Å². The third-order valence-corrected chi connectivity index (χ3v) is 6.68. The number of aromatic amines is 2. The van der Waals surface area contributed by atoms with Crippen LogP contribution in [0.2, 0.25) is 0 Å². The fourth-order valence-electron chi connectivity index (χ4n) is 4.80. The number of hydrogen-bond donors (Lipinski definition) is 3. The summed E-state index contributed by atoms with van der Waals surface area (Å²) in [7, 11) is 0. The predicted molar refractivity (Wildman–Crippen MR) is 131 cm³/mol. The first-order valence-electron chi connectivity index (χ1n) is 11.8. The molecule has 6 rings (SSSR count). The molecule has 170 valence electrons. The predicted octanol–water partition coefficient (Wildman–Crippen LogP) is 4.87. The Bertz CT molecular complexity index is 1450. The molecule has 0 saturated heterocycles. The molecule has 1 amide bonds. The van der Waals surface area contributed by atoms with Gasteiger partial charge in [-0.1, -0.05) is 25.3 Å². The summed E-state index contributed by atoms with van der Waals surface area (Å²) in [6.07, 6.45) is 13.1. The lowest BCUT2D eigenvalue weighted by atomic mass is 9.89. The van der Waals surface area contributed by atoms with Crippen LogP contribution in [-0.4, -0.2) is 42.6 Å². The lowest BCUT2D eigenvalue weighted by molar-refractivity contribution is 0.0943. The number of amides is 1. The summed E-state index contributed by atoms with van der Waals surface area (Å²) in [6, 6.07) is 9.82. The van der Waals surface area contributed by atoms with Crippen molar-refractivity contribution in [3.05, 3.63) is 60.7 Å². The summed E-state index contributed by atoms with van der Waals surface area (Å²) in [5.41, 5.74) is 5.77. The van der Waals surface area contributed by atoms with Crippen LogP contribution in [0.15, 0.2) is 55.1 Å². The Kier molecular flexibility index (Phi) is 5.25. The number of pyridine rings is 2. The van der Waals surface area contributed by atoms with E-state index in [-0.39, 0.29) is 5.91 Å². The first kappa shape index (κ1) is 20.5. The number of nitrogens with one attached hydrogen (secondary N) is 3. The molecular weight excluding hydrogens is 426 g/mol. The summed E-state index contributed by atoms with van der Waals surface area (Å²) < 4.78 is 0. The largest absolute Gasteiger partial charge is 0.352 e. The van der Waals surface area contributed by atoms with Gasteiger partial charge in [0, 0.05) is 36.1 Å². The minimum absolute atomic E-state index is 0.0686. The molecule has 5 aromatic rings. The Morgan fingerprint density at radius 1 is 0.971 bits per heavy atom. The molecule has 4 heterocycles. The average Bonchev–Trinajstić information content (AvgIpc) is 3.51. The zero-order valence-electron chi connectivity index (χ0n) is 18.7. The van der Waals surface area contributed by atoms with E-state index in [1.165, 1.54) is 32.1 Å². The molecule has 0 radical (unpaired) electrons. The number of hydrogen-bond acceptors (Lipinski definition) is 5. The second-order valence-electron chi connectivity index (χ2n) is 8.99. The summed E-state index contributed by atoms with van der Waals surface area (Å²) >= 11 is 0. The zero-order chi connectivity index (χ0) is 22.9. The van der Waals surface area contributed by atoms with Gasteiger partial charge in [0.1, 0.15) is 5.69 Å². The third kappa shape index (κ3) is 3.91. The van der Waals surface area contributed by atoms with Gasteiger partial charge < -0.3 is 10.3 Å². The minimum Gasteiger partial charge on any atom is -0.352 e. The first-order chi connectivity index (χ1) is 16.7. The van der Waals surface area contributed by atoms with Crippen LogP contribution in [-0.2, 0) is 0 Å².